The number of amides is 1. The molecule has 3 aromatic carbocycles. The number of carbonyl (C=O) groups excluding carboxylic acids is 1. The molecule has 0 aromatic heterocycles. The molecule has 0 fully saturated rings. The topological polar surface area (TPSA) is 41.9 Å². The Balaban J connectivity index is 1.51. The van der Waals surface area contributed by atoms with Crippen molar-refractivity contribution < 1.29 is 18.4 Å². The third kappa shape index (κ3) is 4.54. The Kier molecular flexibility index (Phi) is 5.84. The van der Waals surface area contributed by atoms with Gasteiger partial charge in [-0.3, -0.25) is 4.79 Å². The van der Waals surface area contributed by atoms with Crippen LogP contribution >= 0.6 is 0 Å². The van der Waals surface area contributed by atoms with Crippen molar-refractivity contribution >= 4 is 11.6 Å². The SMILES string of the molecule is O=C(c1ccc(F)cc1)N(Cc1ccccc1)C[C@@H]1CC(c2ccccc2F)=NO1. The average Bonchev–Trinajstić information content (AvgIpc) is 3.23. The van der Waals surface area contributed by atoms with Gasteiger partial charge in [-0.15, -0.1) is 0 Å². The van der Waals surface area contributed by atoms with Crippen LogP contribution in [0.3, 0.4) is 0 Å². The zero-order chi connectivity index (χ0) is 20.9. The summed E-state index contributed by atoms with van der Waals surface area (Å²) in [6, 6.07) is 21.4. The van der Waals surface area contributed by atoms with Crippen molar-refractivity contribution in [3.63, 3.8) is 0 Å². The summed E-state index contributed by atoms with van der Waals surface area (Å²) in [6.07, 6.45) is -0.00385. The lowest BCUT2D eigenvalue weighted by Gasteiger charge is -2.25. The van der Waals surface area contributed by atoms with Crippen LogP contribution in [-0.4, -0.2) is 29.2 Å². The van der Waals surface area contributed by atoms with Gasteiger partial charge < -0.3 is 9.74 Å². The summed E-state index contributed by atoms with van der Waals surface area (Å²) >= 11 is 0. The van der Waals surface area contributed by atoms with E-state index in [2.05, 4.69) is 5.16 Å². The highest BCUT2D eigenvalue weighted by Gasteiger charge is 2.28. The molecule has 3 aromatic rings. The zero-order valence-electron chi connectivity index (χ0n) is 16.2. The molecule has 152 valence electrons. The van der Waals surface area contributed by atoms with Gasteiger partial charge in [0.25, 0.3) is 5.91 Å². The molecule has 1 aliphatic rings. The maximum Gasteiger partial charge on any atom is 0.254 e. The Morgan fingerprint density at radius 1 is 0.967 bits per heavy atom. The summed E-state index contributed by atoms with van der Waals surface area (Å²) < 4.78 is 27.3. The van der Waals surface area contributed by atoms with Gasteiger partial charge in [0.1, 0.15) is 11.6 Å². The lowest BCUT2D eigenvalue weighted by atomic mass is 10.0. The van der Waals surface area contributed by atoms with Gasteiger partial charge in [-0.1, -0.05) is 53.7 Å². The van der Waals surface area contributed by atoms with Gasteiger partial charge in [0.15, 0.2) is 6.10 Å². The second-order valence-corrected chi connectivity index (χ2v) is 7.13. The van der Waals surface area contributed by atoms with Crippen LogP contribution in [0.25, 0.3) is 0 Å². The number of benzene rings is 3. The highest BCUT2D eigenvalue weighted by Crippen LogP contribution is 2.21. The third-order valence-electron chi connectivity index (χ3n) is 4.94. The molecule has 0 saturated heterocycles. The van der Waals surface area contributed by atoms with E-state index in [-0.39, 0.29) is 18.3 Å². The van der Waals surface area contributed by atoms with E-state index in [1.165, 1.54) is 30.3 Å². The van der Waals surface area contributed by atoms with Crippen molar-refractivity contribution in [1.29, 1.82) is 0 Å². The first-order valence-corrected chi connectivity index (χ1v) is 9.66. The molecule has 1 heterocycles. The van der Waals surface area contributed by atoms with Crippen LogP contribution in [0, 0.1) is 11.6 Å². The molecule has 0 unspecified atom stereocenters. The van der Waals surface area contributed by atoms with Gasteiger partial charge in [-0.25, -0.2) is 8.78 Å². The first kappa shape index (κ1) is 19.8. The molecule has 0 saturated carbocycles. The molecule has 4 nitrogen and oxygen atoms in total. The molecule has 0 spiro atoms. The maximum absolute atomic E-state index is 14.1. The van der Waals surface area contributed by atoms with Gasteiger partial charge in [-0.05, 0) is 35.9 Å². The number of hydrogen-bond donors (Lipinski definition) is 0. The molecule has 1 atom stereocenters. The van der Waals surface area contributed by atoms with Crippen molar-refractivity contribution in [3.8, 4) is 0 Å². The van der Waals surface area contributed by atoms with E-state index in [4.69, 9.17) is 4.84 Å². The molecule has 30 heavy (non-hydrogen) atoms. The van der Waals surface area contributed by atoms with Gasteiger partial charge in [0.05, 0.1) is 12.3 Å². The van der Waals surface area contributed by atoms with Crippen molar-refractivity contribution in [1.82, 2.24) is 4.90 Å². The Bertz CT molecular complexity index is 1050. The number of carbonyl (C=O) groups is 1. The summed E-state index contributed by atoms with van der Waals surface area (Å²) in [6.45, 7) is 0.637. The highest BCUT2D eigenvalue weighted by molar-refractivity contribution is 6.01. The Morgan fingerprint density at radius 3 is 2.40 bits per heavy atom. The smallest absolute Gasteiger partial charge is 0.254 e. The van der Waals surface area contributed by atoms with Crippen LogP contribution in [0.5, 0.6) is 0 Å². The predicted molar refractivity (Wildman–Crippen MR) is 110 cm³/mol. The highest BCUT2D eigenvalue weighted by atomic mass is 19.1. The van der Waals surface area contributed by atoms with Crippen LogP contribution in [-0.2, 0) is 11.4 Å². The van der Waals surface area contributed by atoms with E-state index >= 15 is 0 Å². The lowest BCUT2D eigenvalue weighted by molar-refractivity contribution is 0.0405. The molecular formula is C24H20F2N2O2. The van der Waals surface area contributed by atoms with Crippen LogP contribution in [0.1, 0.15) is 27.9 Å². The second kappa shape index (κ2) is 8.86. The maximum atomic E-state index is 14.1. The molecule has 1 aliphatic heterocycles. The van der Waals surface area contributed by atoms with Crippen LogP contribution in [0.2, 0.25) is 0 Å². The molecule has 4 rings (SSSR count). The summed E-state index contributed by atoms with van der Waals surface area (Å²) in [5, 5.41) is 4.04. The van der Waals surface area contributed by atoms with E-state index in [1.807, 2.05) is 30.3 Å². The van der Waals surface area contributed by atoms with Gasteiger partial charge >= 0.3 is 0 Å². The zero-order valence-corrected chi connectivity index (χ0v) is 16.2. The molecule has 1 amide bonds. The summed E-state index contributed by atoms with van der Waals surface area (Å²) in [7, 11) is 0. The van der Waals surface area contributed by atoms with Crippen LogP contribution in [0.4, 0.5) is 8.78 Å². The molecular weight excluding hydrogens is 386 g/mol. The summed E-state index contributed by atoms with van der Waals surface area (Å²) in [5.74, 6) is -0.992. The summed E-state index contributed by atoms with van der Waals surface area (Å²) in [5.41, 5.74) is 2.27. The van der Waals surface area contributed by atoms with Crippen molar-refractivity contribution in [2.24, 2.45) is 5.16 Å². The average molecular weight is 406 g/mol. The van der Waals surface area contributed by atoms with Gasteiger partial charge in [-0.2, -0.15) is 0 Å². The Morgan fingerprint density at radius 2 is 1.67 bits per heavy atom. The molecule has 0 radical (unpaired) electrons. The first-order valence-electron chi connectivity index (χ1n) is 9.66. The lowest BCUT2D eigenvalue weighted by Crippen LogP contribution is -2.37. The first-order chi connectivity index (χ1) is 14.6. The minimum Gasteiger partial charge on any atom is -0.390 e. The molecule has 0 bridgehead atoms. The fourth-order valence-corrected chi connectivity index (χ4v) is 3.42. The normalized spacial score (nSPS) is 15.4. The fraction of sp³-hybridized carbons (Fsp3) is 0.167. The monoisotopic (exact) mass is 406 g/mol. The number of rotatable bonds is 6. The fourth-order valence-electron chi connectivity index (χ4n) is 3.42. The predicted octanol–water partition coefficient (Wildman–Crippen LogP) is 4.80. The minimum atomic E-state index is -0.400. The Hall–Kier alpha value is -3.54. The quantitative estimate of drug-likeness (QED) is 0.590. The van der Waals surface area contributed by atoms with Crippen LogP contribution < -0.4 is 0 Å². The number of nitrogens with zero attached hydrogens (tertiary/aromatic N) is 2. The number of oxime groups is 1. The van der Waals surface area contributed by atoms with E-state index in [9.17, 15) is 13.6 Å². The number of halogens is 2. The number of hydrogen-bond acceptors (Lipinski definition) is 3. The molecule has 0 N–H and O–H groups in total. The van der Waals surface area contributed by atoms with E-state index in [0.717, 1.165) is 5.56 Å². The van der Waals surface area contributed by atoms with Crippen molar-refractivity contribution in [3.05, 3.63) is 107 Å². The third-order valence-corrected chi connectivity index (χ3v) is 4.94. The summed E-state index contributed by atoms with van der Waals surface area (Å²) in [4.78, 5) is 20.3. The second-order valence-electron chi connectivity index (χ2n) is 7.13. The molecule has 0 aliphatic carbocycles. The van der Waals surface area contributed by atoms with Gasteiger partial charge in [0.2, 0.25) is 0 Å². The molecule has 6 heteroatoms. The van der Waals surface area contributed by atoms with E-state index in [0.29, 0.717) is 29.8 Å². The van der Waals surface area contributed by atoms with Crippen molar-refractivity contribution in [2.75, 3.05) is 6.54 Å². The Labute approximate surface area is 173 Å². The largest absolute Gasteiger partial charge is 0.390 e. The standard InChI is InChI=1S/C24H20F2N2O2/c25-19-12-10-18(11-13-19)24(29)28(15-17-6-2-1-3-7-17)16-20-14-23(27-30-20)21-8-4-5-9-22(21)26/h1-13,20H,14-16H2/t20-/m0/s1. The van der Waals surface area contributed by atoms with Crippen LogP contribution in [0.15, 0.2) is 84.0 Å². The van der Waals surface area contributed by atoms with E-state index < -0.39 is 11.9 Å². The minimum absolute atomic E-state index is 0.234. The van der Waals surface area contributed by atoms with Gasteiger partial charge in [0, 0.05) is 24.1 Å². The van der Waals surface area contributed by atoms with Crippen molar-refractivity contribution in [2.45, 2.75) is 19.1 Å². The van der Waals surface area contributed by atoms with E-state index in [1.54, 1.807) is 23.1 Å².